The minimum atomic E-state index is -0.974. The molecule has 0 unspecified atom stereocenters. The molecule has 0 aliphatic heterocycles. The number of aromatic carboxylic acids is 1. The maximum absolute atomic E-state index is 13.3. The van der Waals surface area contributed by atoms with Crippen LogP contribution in [0.25, 0.3) is 0 Å². The zero-order valence-electron chi connectivity index (χ0n) is 11.2. The Balaban J connectivity index is 2.11. The monoisotopic (exact) mass is 353 g/mol. The van der Waals surface area contributed by atoms with Crippen molar-refractivity contribution in [3.05, 3.63) is 57.8 Å². The number of rotatable bonds is 5. The van der Waals surface area contributed by atoms with Gasteiger partial charge in [0, 0.05) is 22.8 Å². The third-order valence-corrected chi connectivity index (χ3v) is 3.67. The largest absolute Gasteiger partial charge is 0.494 e. The molecule has 0 fully saturated rings. The predicted octanol–water partition coefficient (Wildman–Crippen LogP) is 3.91. The summed E-state index contributed by atoms with van der Waals surface area (Å²) in [4.78, 5) is 10.9. The van der Waals surface area contributed by atoms with Crippen molar-refractivity contribution in [2.75, 3.05) is 12.4 Å². The fourth-order valence-electron chi connectivity index (χ4n) is 1.79. The van der Waals surface area contributed by atoms with Crippen LogP contribution in [0.15, 0.2) is 40.9 Å². The van der Waals surface area contributed by atoms with Crippen LogP contribution in [0.3, 0.4) is 0 Å². The molecule has 110 valence electrons. The number of methoxy groups -OCH3 is 1. The van der Waals surface area contributed by atoms with E-state index in [0.717, 1.165) is 5.56 Å². The van der Waals surface area contributed by atoms with Crippen LogP contribution < -0.4 is 10.1 Å². The van der Waals surface area contributed by atoms with Crippen molar-refractivity contribution in [3.63, 3.8) is 0 Å². The second-order valence-corrected chi connectivity index (χ2v) is 5.17. The normalized spacial score (nSPS) is 10.2. The zero-order chi connectivity index (χ0) is 15.4. The first kappa shape index (κ1) is 15.3. The van der Waals surface area contributed by atoms with E-state index in [0.29, 0.717) is 16.7 Å². The molecule has 2 aromatic rings. The van der Waals surface area contributed by atoms with E-state index >= 15 is 0 Å². The summed E-state index contributed by atoms with van der Waals surface area (Å²) in [5.74, 6) is -1.23. The number of hydrogen-bond acceptors (Lipinski definition) is 3. The second kappa shape index (κ2) is 6.58. The van der Waals surface area contributed by atoms with E-state index in [1.165, 1.54) is 19.2 Å². The average Bonchev–Trinajstić information content (AvgIpc) is 2.47. The van der Waals surface area contributed by atoms with Crippen molar-refractivity contribution >= 4 is 27.6 Å². The van der Waals surface area contributed by atoms with E-state index in [4.69, 9.17) is 9.84 Å². The number of carboxylic acids is 1. The SMILES string of the molecule is COc1cc(NCc2ccc(C(=O)O)cc2Br)ccc1F. The van der Waals surface area contributed by atoms with Gasteiger partial charge in [-0.25, -0.2) is 9.18 Å². The lowest BCUT2D eigenvalue weighted by molar-refractivity contribution is 0.0697. The summed E-state index contributed by atoms with van der Waals surface area (Å²) in [7, 11) is 1.41. The van der Waals surface area contributed by atoms with Crippen LogP contribution in [0.1, 0.15) is 15.9 Å². The molecule has 0 bridgehead atoms. The summed E-state index contributed by atoms with van der Waals surface area (Å²) in [5, 5.41) is 12.0. The molecule has 4 nitrogen and oxygen atoms in total. The molecular weight excluding hydrogens is 341 g/mol. The Morgan fingerprint density at radius 2 is 2.10 bits per heavy atom. The quantitative estimate of drug-likeness (QED) is 0.855. The van der Waals surface area contributed by atoms with Gasteiger partial charge in [-0.15, -0.1) is 0 Å². The van der Waals surface area contributed by atoms with Gasteiger partial charge in [-0.1, -0.05) is 22.0 Å². The number of carbonyl (C=O) groups is 1. The van der Waals surface area contributed by atoms with Gasteiger partial charge >= 0.3 is 5.97 Å². The Bertz CT molecular complexity index is 676. The first-order valence-electron chi connectivity index (χ1n) is 6.10. The Hall–Kier alpha value is -2.08. The third kappa shape index (κ3) is 3.72. The molecule has 6 heteroatoms. The Morgan fingerprint density at radius 3 is 2.71 bits per heavy atom. The Morgan fingerprint density at radius 1 is 1.33 bits per heavy atom. The highest BCUT2D eigenvalue weighted by Crippen LogP contribution is 2.24. The lowest BCUT2D eigenvalue weighted by Gasteiger charge is -2.10. The Kier molecular flexibility index (Phi) is 4.80. The van der Waals surface area contributed by atoms with Crippen molar-refractivity contribution in [2.24, 2.45) is 0 Å². The minimum Gasteiger partial charge on any atom is -0.494 e. The first-order chi connectivity index (χ1) is 10.0. The van der Waals surface area contributed by atoms with Gasteiger partial charge in [0.2, 0.25) is 0 Å². The van der Waals surface area contributed by atoms with E-state index < -0.39 is 11.8 Å². The highest BCUT2D eigenvalue weighted by Gasteiger charge is 2.07. The van der Waals surface area contributed by atoms with Crippen LogP contribution >= 0.6 is 15.9 Å². The summed E-state index contributed by atoms with van der Waals surface area (Å²) in [6.07, 6.45) is 0. The predicted molar refractivity (Wildman–Crippen MR) is 81.4 cm³/mol. The molecule has 2 N–H and O–H groups in total. The van der Waals surface area contributed by atoms with Crippen molar-refractivity contribution < 1.29 is 19.0 Å². The van der Waals surface area contributed by atoms with Gasteiger partial charge in [0.05, 0.1) is 12.7 Å². The first-order valence-corrected chi connectivity index (χ1v) is 6.89. The number of ether oxygens (including phenoxy) is 1. The van der Waals surface area contributed by atoms with Crippen molar-refractivity contribution in [3.8, 4) is 5.75 Å². The van der Waals surface area contributed by atoms with E-state index in [1.807, 2.05) is 0 Å². The van der Waals surface area contributed by atoms with Gasteiger partial charge in [0.1, 0.15) is 0 Å². The van der Waals surface area contributed by atoms with Gasteiger partial charge < -0.3 is 15.2 Å². The lowest BCUT2D eigenvalue weighted by atomic mass is 10.1. The highest BCUT2D eigenvalue weighted by molar-refractivity contribution is 9.10. The van der Waals surface area contributed by atoms with E-state index in [9.17, 15) is 9.18 Å². The molecule has 0 amide bonds. The van der Waals surface area contributed by atoms with Crippen LogP contribution in [0.2, 0.25) is 0 Å². The highest BCUT2D eigenvalue weighted by atomic mass is 79.9. The Labute approximate surface area is 129 Å². The zero-order valence-corrected chi connectivity index (χ0v) is 12.8. The van der Waals surface area contributed by atoms with Gasteiger partial charge in [-0.3, -0.25) is 0 Å². The molecule has 21 heavy (non-hydrogen) atoms. The fourth-order valence-corrected chi connectivity index (χ4v) is 2.31. The van der Waals surface area contributed by atoms with Gasteiger partial charge in [0.15, 0.2) is 11.6 Å². The number of anilines is 1. The van der Waals surface area contributed by atoms with Gasteiger partial charge in [0.25, 0.3) is 0 Å². The van der Waals surface area contributed by atoms with E-state index in [-0.39, 0.29) is 11.3 Å². The van der Waals surface area contributed by atoms with Gasteiger partial charge in [-0.05, 0) is 29.8 Å². The molecule has 0 saturated carbocycles. The summed E-state index contributed by atoms with van der Waals surface area (Å²) >= 11 is 3.34. The van der Waals surface area contributed by atoms with Crippen LogP contribution in [0.4, 0.5) is 10.1 Å². The summed E-state index contributed by atoms with van der Waals surface area (Å²) in [6, 6.07) is 9.30. The minimum absolute atomic E-state index is 0.167. The molecule has 2 aromatic carbocycles. The third-order valence-electron chi connectivity index (χ3n) is 2.93. The molecule has 0 aromatic heterocycles. The fraction of sp³-hybridized carbons (Fsp3) is 0.133. The van der Waals surface area contributed by atoms with Crippen molar-refractivity contribution in [2.45, 2.75) is 6.54 Å². The van der Waals surface area contributed by atoms with Crippen molar-refractivity contribution in [1.29, 1.82) is 0 Å². The molecule has 0 aliphatic rings. The van der Waals surface area contributed by atoms with Crippen LogP contribution in [0, 0.1) is 5.82 Å². The van der Waals surface area contributed by atoms with Crippen LogP contribution in [0.5, 0.6) is 5.75 Å². The molecular formula is C15H13BrFNO3. The maximum Gasteiger partial charge on any atom is 0.335 e. The molecule has 0 radical (unpaired) electrons. The van der Waals surface area contributed by atoms with Crippen molar-refractivity contribution in [1.82, 2.24) is 0 Å². The molecule has 0 spiro atoms. The smallest absolute Gasteiger partial charge is 0.335 e. The molecule has 0 aliphatic carbocycles. The van der Waals surface area contributed by atoms with Crippen LogP contribution in [-0.4, -0.2) is 18.2 Å². The maximum atomic E-state index is 13.3. The lowest BCUT2D eigenvalue weighted by Crippen LogP contribution is -2.03. The van der Waals surface area contributed by atoms with E-state index in [1.54, 1.807) is 24.3 Å². The molecule has 0 saturated heterocycles. The van der Waals surface area contributed by atoms with E-state index in [2.05, 4.69) is 21.2 Å². The number of benzene rings is 2. The molecule has 0 atom stereocenters. The van der Waals surface area contributed by atoms with Gasteiger partial charge in [-0.2, -0.15) is 0 Å². The second-order valence-electron chi connectivity index (χ2n) is 4.31. The number of halogens is 2. The summed E-state index contributed by atoms with van der Waals surface area (Å²) < 4.78 is 18.9. The summed E-state index contributed by atoms with van der Waals surface area (Å²) in [6.45, 7) is 0.468. The number of hydrogen-bond donors (Lipinski definition) is 2. The summed E-state index contributed by atoms with van der Waals surface area (Å²) in [5.41, 5.74) is 1.82. The van der Waals surface area contributed by atoms with Crippen LogP contribution in [-0.2, 0) is 6.54 Å². The standard InChI is InChI=1S/C15H13BrFNO3/c1-21-14-7-11(4-5-13(14)17)18-8-10-3-2-9(15(19)20)6-12(10)16/h2-7,18H,8H2,1H3,(H,19,20). The molecule has 0 heterocycles. The average molecular weight is 354 g/mol. The number of nitrogens with one attached hydrogen (secondary N) is 1. The topological polar surface area (TPSA) is 58.6 Å². The molecule has 2 rings (SSSR count). The number of carboxylic acid groups (broad SMARTS) is 1.